The maximum absolute atomic E-state index is 11.7. The second-order valence-corrected chi connectivity index (χ2v) is 3.75. The molecule has 94 valence electrons. The van der Waals surface area contributed by atoms with Crippen molar-refractivity contribution in [2.24, 2.45) is 10.9 Å². The highest BCUT2D eigenvalue weighted by Gasteiger charge is 2.11. The molecule has 0 bridgehead atoms. The summed E-state index contributed by atoms with van der Waals surface area (Å²) in [5.74, 6) is -0.00689. The summed E-state index contributed by atoms with van der Waals surface area (Å²) in [5, 5.41) is 14.7. The Morgan fingerprint density at radius 1 is 1.44 bits per heavy atom. The molecule has 1 aromatic carbocycles. The molecular formula is C12H13N3O3. The number of rotatable bonds is 4. The topological polar surface area (TPSA) is 101 Å². The largest absolute Gasteiger partial charge is 0.451 e. The summed E-state index contributed by atoms with van der Waals surface area (Å²) in [6.07, 6.45) is 0.280. The highest BCUT2D eigenvalue weighted by molar-refractivity contribution is 5.96. The van der Waals surface area contributed by atoms with Crippen molar-refractivity contribution in [3.8, 4) is 0 Å². The van der Waals surface area contributed by atoms with Gasteiger partial charge in [-0.2, -0.15) is 0 Å². The van der Waals surface area contributed by atoms with E-state index in [9.17, 15) is 4.79 Å². The first-order valence-electron chi connectivity index (χ1n) is 5.44. The number of furan rings is 1. The van der Waals surface area contributed by atoms with E-state index in [1.807, 2.05) is 18.2 Å². The van der Waals surface area contributed by atoms with Gasteiger partial charge in [0.05, 0.1) is 0 Å². The fourth-order valence-electron chi connectivity index (χ4n) is 1.53. The SMILES string of the molecule is NC(CCNC(=O)c1cc2ccccc2o1)=NO. The van der Waals surface area contributed by atoms with Crippen molar-refractivity contribution in [2.45, 2.75) is 6.42 Å². The molecule has 0 aliphatic carbocycles. The first-order valence-corrected chi connectivity index (χ1v) is 5.44. The number of benzene rings is 1. The lowest BCUT2D eigenvalue weighted by molar-refractivity contribution is 0.0929. The normalized spacial score (nSPS) is 11.7. The number of amidine groups is 1. The molecule has 1 heterocycles. The number of carbonyl (C=O) groups is 1. The van der Waals surface area contributed by atoms with Gasteiger partial charge in [0.15, 0.2) is 5.76 Å². The van der Waals surface area contributed by atoms with E-state index in [-0.39, 0.29) is 30.5 Å². The van der Waals surface area contributed by atoms with Crippen LogP contribution in [-0.2, 0) is 0 Å². The Hall–Kier alpha value is -2.50. The number of hydrogen-bond acceptors (Lipinski definition) is 4. The quantitative estimate of drug-likeness (QED) is 0.328. The molecule has 1 amide bonds. The van der Waals surface area contributed by atoms with E-state index in [2.05, 4.69) is 10.5 Å². The number of nitrogens with two attached hydrogens (primary N) is 1. The molecule has 0 fully saturated rings. The lowest BCUT2D eigenvalue weighted by Gasteiger charge is -2.01. The van der Waals surface area contributed by atoms with Gasteiger partial charge in [-0.25, -0.2) is 0 Å². The van der Waals surface area contributed by atoms with Gasteiger partial charge in [0.25, 0.3) is 5.91 Å². The molecule has 0 unspecified atom stereocenters. The highest BCUT2D eigenvalue weighted by atomic mass is 16.4. The Labute approximate surface area is 103 Å². The van der Waals surface area contributed by atoms with Gasteiger partial charge in [0.1, 0.15) is 11.4 Å². The summed E-state index contributed by atoms with van der Waals surface area (Å²) in [4.78, 5) is 11.7. The number of oxime groups is 1. The van der Waals surface area contributed by atoms with Crippen molar-refractivity contribution in [1.29, 1.82) is 0 Å². The van der Waals surface area contributed by atoms with Crippen LogP contribution >= 0.6 is 0 Å². The first kappa shape index (κ1) is 12.0. The van der Waals surface area contributed by atoms with Gasteiger partial charge in [-0.15, -0.1) is 0 Å². The molecule has 6 heteroatoms. The summed E-state index contributed by atoms with van der Waals surface area (Å²) < 4.78 is 5.39. The fraction of sp³-hybridized carbons (Fsp3) is 0.167. The minimum absolute atomic E-state index is 0.0694. The highest BCUT2D eigenvalue weighted by Crippen LogP contribution is 2.18. The lowest BCUT2D eigenvalue weighted by atomic mass is 10.2. The zero-order valence-electron chi connectivity index (χ0n) is 9.59. The van der Waals surface area contributed by atoms with Gasteiger partial charge in [-0.05, 0) is 12.1 Å². The first-order chi connectivity index (χ1) is 8.70. The molecule has 0 atom stereocenters. The predicted octanol–water partition coefficient (Wildman–Crippen LogP) is 1.30. The smallest absolute Gasteiger partial charge is 0.287 e. The fourth-order valence-corrected chi connectivity index (χ4v) is 1.53. The monoisotopic (exact) mass is 247 g/mol. The predicted molar refractivity (Wildman–Crippen MR) is 66.6 cm³/mol. The van der Waals surface area contributed by atoms with Crippen LogP contribution in [0.2, 0.25) is 0 Å². The van der Waals surface area contributed by atoms with Gasteiger partial charge in [0, 0.05) is 18.4 Å². The van der Waals surface area contributed by atoms with E-state index in [1.165, 1.54) is 0 Å². The standard InChI is InChI=1S/C12H13N3O3/c13-11(15-17)5-6-14-12(16)10-7-8-3-1-2-4-9(8)18-10/h1-4,7,17H,5-6H2,(H2,13,15)(H,14,16). The second kappa shape index (κ2) is 5.22. The van der Waals surface area contributed by atoms with Crippen LogP contribution in [0.25, 0.3) is 11.0 Å². The van der Waals surface area contributed by atoms with Crippen LogP contribution in [0, 0.1) is 0 Å². The molecule has 0 radical (unpaired) electrons. The summed E-state index contributed by atoms with van der Waals surface area (Å²) in [7, 11) is 0. The van der Waals surface area contributed by atoms with E-state index < -0.39 is 0 Å². The Morgan fingerprint density at radius 2 is 2.22 bits per heavy atom. The van der Waals surface area contributed by atoms with E-state index in [0.29, 0.717) is 5.58 Å². The lowest BCUT2D eigenvalue weighted by Crippen LogP contribution is -2.27. The van der Waals surface area contributed by atoms with Gasteiger partial charge in [-0.1, -0.05) is 23.4 Å². The van der Waals surface area contributed by atoms with Crippen molar-refractivity contribution >= 4 is 22.7 Å². The third-order valence-corrected chi connectivity index (χ3v) is 2.44. The Bertz CT molecular complexity index is 556. The minimum atomic E-state index is -0.322. The van der Waals surface area contributed by atoms with Crippen LogP contribution in [0.15, 0.2) is 39.9 Å². The van der Waals surface area contributed by atoms with Crippen LogP contribution in [0.4, 0.5) is 0 Å². The maximum atomic E-state index is 11.7. The zero-order valence-corrected chi connectivity index (χ0v) is 9.59. The molecule has 0 aliphatic rings. The van der Waals surface area contributed by atoms with E-state index in [1.54, 1.807) is 12.1 Å². The number of para-hydroxylation sites is 1. The average Bonchev–Trinajstić information content (AvgIpc) is 2.82. The van der Waals surface area contributed by atoms with E-state index in [0.717, 1.165) is 5.39 Å². The number of nitrogens with one attached hydrogen (secondary N) is 1. The average molecular weight is 247 g/mol. The van der Waals surface area contributed by atoms with Crippen LogP contribution in [-0.4, -0.2) is 23.5 Å². The van der Waals surface area contributed by atoms with Gasteiger partial charge in [0.2, 0.25) is 0 Å². The second-order valence-electron chi connectivity index (χ2n) is 3.75. The summed E-state index contributed by atoms with van der Waals surface area (Å²) in [6, 6.07) is 9.05. The Balaban J connectivity index is 2.00. The molecule has 0 spiro atoms. The maximum Gasteiger partial charge on any atom is 0.287 e. The van der Waals surface area contributed by atoms with Crippen molar-refractivity contribution in [3.63, 3.8) is 0 Å². The van der Waals surface area contributed by atoms with Gasteiger partial charge >= 0.3 is 0 Å². The van der Waals surface area contributed by atoms with Crippen LogP contribution in [0.5, 0.6) is 0 Å². The summed E-state index contributed by atoms with van der Waals surface area (Å²) in [5.41, 5.74) is 5.95. The molecular weight excluding hydrogens is 234 g/mol. The molecule has 2 rings (SSSR count). The van der Waals surface area contributed by atoms with Crippen LogP contribution in [0.1, 0.15) is 17.0 Å². The van der Waals surface area contributed by atoms with Crippen molar-refractivity contribution in [3.05, 3.63) is 36.1 Å². The van der Waals surface area contributed by atoms with E-state index in [4.69, 9.17) is 15.4 Å². The molecule has 18 heavy (non-hydrogen) atoms. The molecule has 0 saturated heterocycles. The molecule has 0 aliphatic heterocycles. The number of amides is 1. The number of fused-ring (bicyclic) bond motifs is 1. The zero-order chi connectivity index (χ0) is 13.0. The van der Waals surface area contributed by atoms with Crippen LogP contribution < -0.4 is 11.1 Å². The molecule has 4 N–H and O–H groups in total. The van der Waals surface area contributed by atoms with Crippen molar-refractivity contribution in [1.82, 2.24) is 5.32 Å². The number of hydrogen-bond donors (Lipinski definition) is 3. The van der Waals surface area contributed by atoms with Crippen molar-refractivity contribution in [2.75, 3.05) is 6.54 Å². The number of carbonyl (C=O) groups excluding carboxylic acids is 1. The molecule has 1 aromatic heterocycles. The van der Waals surface area contributed by atoms with Crippen LogP contribution in [0.3, 0.4) is 0 Å². The Kier molecular flexibility index (Phi) is 3.47. The van der Waals surface area contributed by atoms with Gasteiger partial charge < -0.3 is 20.7 Å². The van der Waals surface area contributed by atoms with E-state index >= 15 is 0 Å². The van der Waals surface area contributed by atoms with Gasteiger partial charge in [-0.3, -0.25) is 4.79 Å². The molecule has 0 saturated carbocycles. The number of nitrogens with zero attached hydrogens (tertiary/aromatic N) is 1. The van der Waals surface area contributed by atoms with Crippen molar-refractivity contribution < 1.29 is 14.4 Å². The third kappa shape index (κ3) is 2.60. The third-order valence-electron chi connectivity index (χ3n) is 2.44. The molecule has 6 nitrogen and oxygen atoms in total. The molecule has 2 aromatic rings. The minimum Gasteiger partial charge on any atom is -0.451 e. The summed E-state index contributed by atoms with van der Waals surface area (Å²) >= 11 is 0. The summed E-state index contributed by atoms with van der Waals surface area (Å²) in [6.45, 7) is 0.284. The Morgan fingerprint density at radius 3 is 2.94 bits per heavy atom.